The van der Waals surface area contributed by atoms with Crippen molar-refractivity contribution < 1.29 is 36.6 Å². The summed E-state index contributed by atoms with van der Waals surface area (Å²) >= 11 is 0.842. The molecule has 4 rings (SSSR count). The van der Waals surface area contributed by atoms with Gasteiger partial charge in [-0.3, -0.25) is 4.98 Å². The molecule has 0 radical (unpaired) electrons. The molecule has 2 aromatic carbocycles. The van der Waals surface area contributed by atoms with E-state index in [1.807, 2.05) is 0 Å². The number of fused-ring (bicyclic) bond motifs is 1. The maximum Gasteiger partial charge on any atom is 0.349 e. The zero-order valence-electron chi connectivity index (χ0n) is 18.7. The number of halogens is 1. The van der Waals surface area contributed by atoms with E-state index >= 15 is 0 Å². The molecule has 0 aliphatic rings. The lowest BCUT2D eigenvalue weighted by molar-refractivity contribution is 0.0602. The minimum Gasteiger partial charge on any atom is -0.493 e. The summed E-state index contributed by atoms with van der Waals surface area (Å²) in [5.41, 5.74) is 0.334. The Morgan fingerprint density at radius 3 is 2.31 bits per heavy atom. The zero-order chi connectivity index (χ0) is 25.2. The molecule has 0 N–H and O–H groups in total. The maximum atomic E-state index is 15.0. The largest absolute Gasteiger partial charge is 0.493 e. The predicted octanol–water partition coefficient (Wildman–Crippen LogP) is 4.97. The molecule has 0 spiro atoms. The monoisotopic (exact) mass is 518 g/mol. The zero-order valence-corrected chi connectivity index (χ0v) is 20.4. The molecule has 0 atom stereocenters. The average molecular weight is 519 g/mol. The van der Waals surface area contributed by atoms with E-state index in [1.165, 1.54) is 43.9 Å². The number of benzene rings is 2. The minimum absolute atomic E-state index is 0.216. The molecule has 2 aromatic heterocycles. The molecule has 9 nitrogen and oxygen atoms in total. The van der Waals surface area contributed by atoms with Gasteiger partial charge in [-0.1, -0.05) is 9.01 Å². The van der Waals surface area contributed by atoms with Gasteiger partial charge in [-0.05, 0) is 47.8 Å². The Bertz CT molecular complexity index is 1490. The molecule has 0 saturated heterocycles. The number of carbonyl (C=O) groups excluding carboxylic acids is 1. The number of hydrogen-bond donors (Lipinski definition) is 0. The summed E-state index contributed by atoms with van der Waals surface area (Å²) in [6.07, 6.45) is 1.56. The van der Waals surface area contributed by atoms with Crippen molar-refractivity contribution in [1.29, 1.82) is 0 Å². The molecule has 12 heteroatoms. The van der Waals surface area contributed by atoms with Gasteiger partial charge in [0.2, 0.25) is 0 Å². The van der Waals surface area contributed by atoms with E-state index in [9.17, 15) is 17.7 Å². The molecule has 0 unspecified atom stereocenters. The minimum atomic E-state index is -4.65. The van der Waals surface area contributed by atoms with Crippen LogP contribution in [0, 0.1) is 0 Å². The van der Waals surface area contributed by atoms with Gasteiger partial charge < -0.3 is 18.9 Å². The quantitative estimate of drug-likeness (QED) is 0.238. The number of sulfonamides is 1. The van der Waals surface area contributed by atoms with Crippen LogP contribution in [0.5, 0.6) is 23.0 Å². The lowest BCUT2D eigenvalue weighted by atomic mass is 10.2. The number of carbonyl (C=O) groups is 1. The molecular formula is C23H19FN2O7S2. The molecule has 4 aromatic rings. The van der Waals surface area contributed by atoms with Crippen LogP contribution in [-0.4, -0.2) is 40.7 Å². The first-order valence-electron chi connectivity index (χ1n) is 9.95. The number of esters is 1. The lowest BCUT2D eigenvalue weighted by Gasteiger charge is -2.15. The highest BCUT2D eigenvalue weighted by Gasteiger charge is 2.31. The average Bonchev–Trinajstić information content (AvgIpc) is 3.38. The number of rotatable bonds is 8. The number of pyridine rings is 1. The van der Waals surface area contributed by atoms with Gasteiger partial charge in [0.15, 0.2) is 11.5 Å². The van der Waals surface area contributed by atoms with Crippen LogP contribution in [0.2, 0.25) is 0 Å². The molecule has 0 saturated carbocycles. The van der Waals surface area contributed by atoms with Crippen LogP contribution in [0.1, 0.15) is 9.67 Å². The topological polar surface area (TPSA) is 104 Å². The second-order valence-electron chi connectivity index (χ2n) is 6.95. The number of hydrogen-bond acceptors (Lipinski definition) is 9. The van der Waals surface area contributed by atoms with Crippen molar-refractivity contribution in [2.45, 2.75) is 4.90 Å². The van der Waals surface area contributed by atoms with Gasteiger partial charge in [-0.15, -0.1) is 11.3 Å². The molecular weight excluding hydrogens is 499 g/mol. The third kappa shape index (κ3) is 4.57. The molecule has 35 heavy (non-hydrogen) atoms. The van der Waals surface area contributed by atoms with Crippen molar-refractivity contribution in [3.63, 3.8) is 0 Å². The number of aromatic nitrogens is 1. The van der Waals surface area contributed by atoms with Gasteiger partial charge in [0.05, 0.1) is 32.5 Å². The first-order valence-corrected chi connectivity index (χ1v) is 12.3. The van der Waals surface area contributed by atoms with Crippen LogP contribution in [0.3, 0.4) is 0 Å². The Morgan fingerprint density at radius 1 is 0.971 bits per heavy atom. The first kappa shape index (κ1) is 24.2. The Balaban J connectivity index is 1.61. The summed E-state index contributed by atoms with van der Waals surface area (Å²) in [4.78, 5) is 15.4. The van der Waals surface area contributed by atoms with Gasteiger partial charge in [0.1, 0.15) is 21.3 Å². The third-order valence-electron chi connectivity index (χ3n) is 4.96. The summed E-state index contributed by atoms with van der Waals surface area (Å²) in [6, 6.07) is 11.5. The van der Waals surface area contributed by atoms with E-state index < -0.39 is 25.4 Å². The number of anilines is 1. The summed E-state index contributed by atoms with van der Waals surface area (Å²) in [6.45, 7) is 0. The van der Waals surface area contributed by atoms with Crippen molar-refractivity contribution in [3.05, 3.63) is 65.0 Å². The lowest BCUT2D eigenvalue weighted by Crippen LogP contribution is -2.23. The van der Waals surface area contributed by atoms with Gasteiger partial charge >= 0.3 is 5.97 Å². The van der Waals surface area contributed by atoms with E-state index in [-0.39, 0.29) is 10.6 Å². The molecule has 0 aliphatic heterocycles. The van der Waals surface area contributed by atoms with Crippen molar-refractivity contribution in [2.24, 2.45) is 0 Å². The van der Waals surface area contributed by atoms with Crippen molar-refractivity contribution in [2.75, 3.05) is 25.9 Å². The van der Waals surface area contributed by atoms with Crippen molar-refractivity contribution >= 4 is 43.9 Å². The van der Waals surface area contributed by atoms with Crippen LogP contribution < -0.4 is 18.7 Å². The van der Waals surface area contributed by atoms with Crippen LogP contribution in [-0.2, 0) is 14.8 Å². The second-order valence-corrected chi connectivity index (χ2v) is 9.58. The summed E-state index contributed by atoms with van der Waals surface area (Å²) < 4.78 is 61.2. The van der Waals surface area contributed by atoms with Gasteiger partial charge in [0, 0.05) is 17.6 Å². The van der Waals surface area contributed by atoms with Crippen molar-refractivity contribution in [3.8, 4) is 23.0 Å². The van der Waals surface area contributed by atoms with E-state index in [4.69, 9.17) is 14.2 Å². The fraction of sp³-hybridized carbons (Fsp3) is 0.130. The molecule has 0 aliphatic carbocycles. The maximum absolute atomic E-state index is 15.0. The Hall–Kier alpha value is -3.90. The summed E-state index contributed by atoms with van der Waals surface area (Å²) in [7, 11) is -0.497. The highest BCUT2D eigenvalue weighted by atomic mass is 32.2. The van der Waals surface area contributed by atoms with E-state index in [1.54, 1.807) is 24.4 Å². The highest BCUT2D eigenvalue weighted by molar-refractivity contribution is 7.92. The Kier molecular flexibility index (Phi) is 6.76. The van der Waals surface area contributed by atoms with E-state index in [0.717, 1.165) is 24.5 Å². The normalized spacial score (nSPS) is 11.2. The molecule has 182 valence electrons. The van der Waals surface area contributed by atoms with Gasteiger partial charge in [0.25, 0.3) is 10.0 Å². The predicted molar refractivity (Wildman–Crippen MR) is 128 cm³/mol. The Labute approximate surface area is 204 Å². The Morgan fingerprint density at radius 2 is 1.66 bits per heavy atom. The number of ether oxygens (including phenoxy) is 4. The number of methoxy groups -OCH3 is 3. The molecule has 2 heterocycles. The highest BCUT2D eigenvalue weighted by Crippen LogP contribution is 2.37. The van der Waals surface area contributed by atoms with Crippen LogP contribution >= 0.6 is 11.3 Å². The molecule has 0 fully saturated rings. The van der Waals surface area contributed by atoms with Crippen LogP contribution in [0.4, 0.5) is 10.2 Å². The van der Waals surface area contributed by atoms with Gasteiger partial charge in [-0.25, -0.2) is 4.79 Å². The number of nitrogens with zero attached hydrogens (tertiary/aromatic N) is 2. The summed E-state index contributed by atoms with van der Waals surface area (Å²) in [5.74, 6) is 0.919. The van der Waals surface area contributed by atoms with Crippen LogP contribution in [0.25, 0.3) is 10.9 Å². The van der Waals surface area contributed by atoms with E-state index in [2.05, 4.69) is 9.72 Å². The second kappa shape index (κ2) is 9.76. The first-order chi connectivity index (χ1) is 16.8. The molecule has 0 bridgehead atoms. The smallest absolute Gasteiger partial charge is 0.349 e. The summed E-state index contributed by atoms with van der Waals surface area (Å²) in [5, 5.41) is 2.02. The fourth-order valence-electron chi connectivity index (χ4n) is 3.26. The SMILES string of the molecule is COC(=O)c1sccc1S(=O)(=O)N(F)c1ccc(Oc2ccnc3cc(OC)c(OC)cc23)cc1. The molecule has 0 amide bonds. The fourth-order valence-corrected chi connectivity index (χ4v) is 5.64. The van der Waals surface area contributed by atoms with Crippen molar-refractivity contribution in [1.82, 2.24) is 4.98 Å². The van der Waals surface area contributed by atoms with E-state index in [0.29, 0.717) is 33.9 Å². The number of thiophene rings is 1. The standard InChI is InChI=1S/C23H19FN2O7S2/c1-30-19-12-16-17(13-20(19)31-2)25-10-8-18(16)33-15-6-4-14(5-7-15)26(24)35(28,29)21-9-11-34-22(21)23(27)32-3/h4-13H,1-3H3. The third-order valence-corrected chi connectivity index (χ3v) is 7.52. The van der Waals surface area contributed by atoms with Crippen LogP contribution in [0.15, 0.2) is 65.0 Å². The van der Waals surface area contributed by atoms with Gasteiger partial charge in [-0.2, -0.15) is 8.42 Å².